The van der Waals surface area contributed by atoms with Crippen molar-refractivity contribution in [2.24, 2.45) is 0 Å². The zero-order chi connectivity index (χ0) is 20.9. The second-order valence-corrected chi connectivity index (χ2v) is 7.52. The Labute approximate surface area is 177 Å². The highest BCUT2D eigenvalue weighted by atomic mass is 16.5. The largest absolute Gasteiger partial charge is 0.497 e. The van der Waals surface area contributed by atoms with Crippen LogP contribution in [0.5, 0.6) is 5.75 Å². The highest BCUT2D eigenvalue weighted by Gasteiger charge is 2.22. The lowest BCUT2D eigenvalue weighted by Gasteiger charge is -2.35. The van der Waals surface area contributed by atoms with Gasteiger partial charge in [0, 0.05) is 37.8 Å². The number of piperazine rings is 1. The van der Waals surface area contributed by atoms with Crippen LogP contribution >= 0.6 is 0 Å². The molecule has 1 aliphatic rings. The quantitative estimate of drug-likeness (QED) is 0.655. The molecular formula is C24H26N4O2. The summed E-state index contributed by atoms with van der Waals surface area (Å²) in [5, 5.41) is 0. The van der Waals surface area contributed by atoms with E-state index in [0.29, 0.717) is 19.5 Å². The van der Waals surface area contributed by atoms with E-state index in [1.807, 2.05) is 47.4 Å². The summed E-state index contributed by atoms with van der Waals surface area (Å²) in [5.74, 6) is 1.89. The van der Waals surface area contributed by atoms with Crippen molar-refractivity contribution in [2.45, 2.75) is 13.3 Å². The van der Waals surface area contributed by atoms with Crippen LogP contribution in [0.2, 0.25) is 0 Å². The molecule has 30 heavy (non-hydrogen) atoms. The van der Waals surface area contributed by atoms with Gasteiger partial charge in [-0.25, -0.2) is 9.97 Å². The number of nitrogens with zero attached hydrogens (tertiary/aromatic N) is 4. The lowest BCUT2D eigenvalue weighted by Crippen LogP contribution is -2.49. The zero-order valence-corrected chi connectivity index (χ0v) is 17.4. The lowest BCUT2D eigenvalue weighted by molar-refractivity contribution is -0.130. The van der Waals surface area contributed by atoms with Crippen LogP contribution in [-0.4, -0.2) is 54.1 Å². The zero-order valence-electron chi connectivity index (χ0n) is 17.4. The van der Waals surface area contributed by atoms with Crippen LogP contribution in [0.4, 0.5) is 5.82 Å². The maximum atomic E-state index is 12.7. The number of amides is 1. The van der Waals surface area contributed by atoms with Gasteiger partial charge >= 0.3 is 0 Å². The second-order valence-electron chi connectivity index (χ2n) is 7.52. The Kier molecular flexibility index (Phi) is 5.93. The van der Waals surface area contributed by atoms with Gasteiger partial charge in [-0.1, -0.05) is 29.8 Å². The first-order valence-corrected chi connectivity index (χ1v) is 10.2. The molecule has 0 bridgehead atoms. The third-order valence-electron chi connectivity index (χ3n) is 5.43. The summed E-state index contributed by atoms with van der Waals surface area (Å²) < 4.78 is 5.22. The van der Waals surface area contributed by atoms with E-state index in [9.17, 15) is 4.79 Å². The number of rotatable bonds is 5. The number of aryl methyl sites for hydroxylation is 1. The number of carbonyl (C=O) groups is 1. The summed E-state index contributed by atoms with van der Waals surface area (Å²) in [4.78, 5) is 25.7. The van der Waals surface area contributed by atoms with E-state index in [1.54, 1.807) is 13.4 Å². The molecule has 0 saturated carbocycles. The Hall–Kier alpha value is -3.41. The summed E-state index contributed by atoms with van der Waals surface area (Å²) >= 11 is 0. The third kappa shape index (κ3) is 4.59. The van der Waals surface area contributed by atoms with E-state index in [1.165, 1.54) is 5.56 Å². The van der Waals surface area contributed by atoms with Gasteiger partial charge in [-0.3, -0.25) is 4.79 Å². The molecule has 0 radical (unpaired) electrons. The third-order valence-corrected chi connectivity index (χ3v) is 5.43. The van der Waals surface area contributed by atoms with Crippen LogP contribution in [0.3, 0.4) is 0 Å². The Morgan fingerprint density at radius 1 is 1.00 bits per heavy atom. The van der Waals surface area contributed by atoms with E-state index < -0.39 is 0 Å². The topological polar surface area (TPSA) is 58.6 Å². The average molecular weight is 402 g/mol. The summed E-state index contributed by atoms with van der Waals surface area (Å²) in [6.45, 7) is 4.98. The predicted molar refractivity (Wildman–Crippen MR) is 118 cm³/mol. The first-order valence-electron chi connectivity index (χ1n) is 10.2. The van der Waals surface area contributed by atoms with Crippen LogP contribution in [0, 0.1) is 6.92 Å². The molecule has 1 fully saturated rings. The molecule has 0 spiro atoms. The number of carbonyl (C=O) groups excluding carboxylic acids is 1. The highest BCUT2D eigenvalue weighted by molar-refractivity contribution is 5.79. The molecule has 4 rings (SSSR count). The summed E-state index contributed by atoms with van der Waals surface area (Å²) in [6, 6.07) is 18.0. The fourth-order valence-corrected chi connectivity index (χ4v) is 3.73. The fraction of sp³-hybridized carbons (Fsp3) is 0.292. The van der Waals surface area contributed by atoms with Crippen LogP contribution in [0.1, 0.15) is 11.1 Å². The van der Waals surface area contributed by atoms with Gasteiger partial charge in [0.15, 0.2) is 0 Å². The number of benzene rings is 2. The maximum Gasteiger partial charge on any atom is 0.227 e. The molecule has 0 N–H and O–H groups in total. The molecule has 3 aromatic rings. The predicted octanol–water partition coefficient (Wildman–Crippen LogP) is 3.35. The van der Waals surface area contributed by atoms with E-state index in [-0.39, 0.29) is 5.91 Å². The van der Waals surface area contributed by atoms with Gasteiger partial charge in [0.05, 0.1) is 19.2 Å². The van der Waals surface area contributed by atoms with Crippen molar-refractivity contribution in [3.05, 3.63) is 72.1 Å². The molecule has 2 aromatic carbocycles. The minimum absolute atomic E-state index is 0.182. The average Bonchev–Trinajstić information content (AvgIpc) is 2.79. The molecule has 0 unspecified atom stereocenters. The molecule has 0 atom stereocenters. The summed E-state index contributed by atoms with van der Waals surface area (Å²) in [7, 11) is 1.66. The van der Waals surface area contributed by atoms with Gasteiger partial charge in [0.2, 0.25) is 5.91 Å². The van der Waals surface area contributed by atoms with Gasteiger partial charge in [-0.2, -0.15) is 0 Å². The van der Waals surface area contributed by atoms with Crippen LogP contribution in [0.15, 0.2) is 60.9 Å². The standard InChI is InChI=1S/C24H26N4O2/c1-18-4-3-5-19(14-18)15-24(29)28-12-10-27(11-13-28)23-16-22(25-17-26-23)20-6-8-21(30-2)9-7-20/h3-9,14,16-17H,10-13,15H2,1-2H3. The molecular weight excluding hydrogens is 376 g/mol. The van der Waals surface area contributed by atoms with Crippen LogP contribution in [0.25, 0.3) is 11.3 Å². The van der Waals surface area contributed by atoms with Crippen LogP contribution < -0.4 is 9.64 Å². The maximum absolute atomic E-state index is 12.7. The van der Waals surface area contributed by atoms with Gasteiger partial charge in [-0.15, -0.1) is 0 Å². The van der Waals surface area contributed by atoms with Crippen molar-refractivity contribution in [1.29, 1.82) is 0 Å². The normalized spacial score (nSPS) is 13.9. The Morgan fingerprint density at radius 2 is 1.77 bits per heavy atom. The Morgan fingerprint density at radius 3 is 2.47 bits per heavy atom. The molecule has 1 aliphatic heterocycles. The number of hydrogen-bond acceptors (Lipinski definition) is 5. The van der Waals surface area contributed by atoms with E-state index >= 15 is 0 Å². The van der Waals surface area contributed by atoms with Crippen molar-refractivity contribution in [3.63, 3.8) is 0 Å². The molecule has 1 amide bonds. The number of aromatic nitrogens is 2. The van der Waals surface area contributed by atoms with Gasteiger partial charge < -0.3 is 14.5 Å². The SMILES string of the molecule is COc1ccc(-c2cc(N3CCN(C(=O)Cc4cccc(C)c4)CC3)ncn2)cc1. The smallest absolute Gasteiger partial charge is 0.227 e. The molecule has 154 valence electrons. The fourth-order valence-electron chi connectivity index (χ4n) is 3.73. The van der Waals surface area contributed by atoms with Crippen LogP contribution in [-0.2, 0) is 11.2 Å². The minimum atomic E-state index is 0.182. The minimum Gasteiger partial charge on any atom is -0.497 e. The number of methoxy groups -OCH3 is 1. The van der Waals surface area contributed by atoms with Gasteiger partial charge in [-0.05, 0) is 36.8 Å². The molecule has 2 heterocycles. The number of anilines is 1. The Balaban J connectivity index is 1.38. The number of ether oxygens (including phenoxy) is 1. The molecule has 1 saturated heterocycles. The van der Waals surface area contributed by atoms with E-state index in [0.717, 1.165) is 41.5 Å². The van der Waals surface area contributed by atoms with Gasteiger partial charge in [0.25, 0.3) is 0 Å². The van der Waals surface area contributed by atoms with Crippen molar-refractivity contribution < 1.29 is 9.53 Å². The molecule has 1 aromatic heterocycles. The lowest BCUT2D eigenvalue weighted by atomic mass is 10.1. The molecule has 6 heteroatoms. The van der Waals surface area contributed by atoms with E-state index in [2.05, 4.69) is 33.9 Å². The summed E-state index contributed by atoms with van der Waals surface area (Å²) in [5.41, 5.74) is 4.15. The molecule has 0 aliphatic carbocycles. The van der Waals surface area contributed by atoms with Crippen molar-refractivity contribution in [3.8, 4) is 17.0 Å². The van der Waals surface area contributed by atoms with Crippen molar-refractivity contribution in [2.75, 3.05) is 38.2 Å². The van der Waals surface area contributed by atoms with Gasteiger partial charge in [0.1, 0.15) is 17.9 Å². The monoisotopic (exact) mass is 402 g/mol. The highest BCUT2D eigenvalue weighted by Crippen LogP contribution is 2.24. The molecule has 6 nitrogen and oxygen atoms in total. The summed E-state index contributed by atoms with van der Waals surface area (Å²) in [6.07, 6.45) is 2.06. The number of hydrogen-bond donors (Lipinski definition) is 0. The second kappa shape index (κ2) is 8.95. The van der Waals surface area contributed by atoms with Crippen molar-refractivity contribution >= 4 is 11.7 Å². The van der Waals surface area contributed by atoms with Crippen molar-refractivity contribution in [1.82, 2.24) is 14.9 Å². The first kappa shape index (κ1) is 19.9. The van der Waals surface area contributed by atoms with E-state index in [4.69, 9.17) is 4.74 Å². The first-order chi connectivity index (χ1) is 14.6. The Bertz CT molecular complexity index is 1010.